The highest BCUT2D eigenvalue weighted by Crippen LogP contribution is 2.18. The molecule has 0 fully saturated rings. The quantitative estimate of drug-likeness (QED) is 0.658. The molecule has 0 bridgehead atoms. The third-order valence-corrected chi connectivity index (χ3v) is 1.23. The molecule has 4 heteroatoms. The number of carbonyl (C=O) groups excluding carboxylic acids is 1. The standard InChI is InChI=1S/C7H10N2O2/c1-9(2)7-4-3-6(11-7)8-5-10/h3-5H,1-2H3,(H,8,10). The largest absolute Gasteiger partial charge is 0.425 e. The summed E-state index contributed by atoms with van der Waals surface area (Å²) in [6, 6.07) is 3.48. The molecule has 4 nitrogen and oxygen atoms in total. The van der Waals surface area contributed by atoms with Crippen LogP contribution in [-0.4, -0.2) is 20.5 Å². The van der Waals surface area contributed by atoms with Crippen LogP contribution in [0.15, 0.2) is 16.5 Å². The van der Waals surface area contributed by atoms with Crippen LogP contribution in [0, 0.1) is 0 Å². The molecule has 0 aliphatic heterocycles. The average Bonchev–Trinajstić information content (AvgIpc) is 2.37. The Morgan fingerprint density at radius 1 is 1.55 bits per heavy atom. The van der Waals surface area contributed by atoms with Crippen LogP contribution >= 0.6 is 0 Å². The molecule has 0 atom stereocenters. The summed E-state index contributed by atoms with van der Waals surface area (Å²) in [7, 11) is 3.73. The average molecular weight is 154 g/mol. The predicted molar refractivity (Wildman–Crippen MR) is 42.7 cm³/mol. The Labute approximate surface area is 64.8 Å². The lowest BCUT2D eigenvalue weighted by Crippen LogP contribution is -2.06. The van der Waals surface area contributed by atoms with Gasteiger partial charge in [0.15, 0.2) is 5.88 Å². The van der Waals surface area contributed by atoms with Gasteiger partial charge < -0.3 is 9.32 Å². The van der Waals surface area contributed by atoms with Crippen LogP contribution in [0.4, 0.5) is 11.8 Å². The zero-order valence-corrected chi connectivity index (χ0v) is 6.50. The van der Waals surface area contributed by atoms with E-state index in [0.717, 1.165) is 0 Å². The van der Waals surface area contributed by atoms with E-state index >= 15 is 0 Å². The van der Waals surface area contributed by atoms with Crippen LogP contribution in [0.1, 0.15) is 0 Å². The van der Waals surface area contributed by atoms with Gasteiger partial charge in [0.05, 0.1) is 0 Å². The Bertz CT molecular complexity index is 242. The first-order chi connectivity index (χ1) is 5.24. The molecule has 0 unspecified atom stereocenters. The maximum Gasteiger partial charge on any atom is 0.213 e. The second-order valence-corrected chi connectivity index (χ2v) is 2.29. The van der Waals surface area contributed by atoms with E-state index in [4.69, 9.17) is 4.42 Å². The first-order valence-electron chi connectivity index (χ1n) is 3.21. The number of amides is 1. The molecule has 1 heterocycles. The Morgan fingerprint density at radius 3 is 2.73 bits per heavy atom. The van der Waals surface area contributed by atoms with Crippen molar-refractivity contribution in [1.82, 2.24) is 0 Å². The van der Waals surface area contributed by atoms with Crippen LogP contribution in [0.2, 0.25) is 0 Å². The van der Waals surface area contributed by atoms with E-state index in [0.29, 0.717) is 18.2 Å². The molecule has 1 aromatic rings. The van der Waals surface area contributed by atoms with Crippen LogP contribution in [0.25, 0.3) is 0 Å². The van der Waals surface area contributed by atoms with Crippen molar-refractivity contribution < 1.29 is 9.21 Å². The van der Waals surface area contributed by atoms with Crippen molar-refractivity contribution in [2.75, 3.05) is 24.3 Å². The first-order valence-corrected chi connectivity index (χ1v) is 3.21. The number of carbonyl (C=O) groups is 1. The normalized spacial score (nSPS) is 9.27. The number of rotatable bonds is 3. The molecule has 1 aromatic heterocycles. The fraction of sp³-hybridized carbons (Fsp3) is 0.286. The molecule has 0 aromatic carbocycles. The van der Waals surface area contributed by atoms with Gasteiger partial charge in [0.25, 0.3) is 0 Å². The van der Waals surface area contributed by atoms with Crippen molar-refractivity contribution >= 4 is 18.2 Å². The molecule has 1 N–H and O–H groups in total. The third kappa shape index (κ3) is 1.73. The molecular formula is C7H10N2O2. The van der Waals surface area contributed by atoms with Gasteiger partial charge in [-0.25, -0.2) is 0 Å². The van der Waals surface area contributed by atoms with Gasteiger partial charge in [-0.15, -0.1) is 0 Å². The van der Waals surface area contributed by atoms with Crippen molar-refractivity contribution in [2.45, 2.75) is 0 Å². The van der Waals surface area contributed by atoms with Crippen LogP contribution in [0.5, 0.6) is 0 Å². The Morgan fingerprint density at radius 2 is 2.27 bits per heavy atom. The monoisotopic (exact) mass is 154 g/mol. The number of furan rings is 1. The highest BCUT2D eigenvalue weighted by molar-refractivity contribution is 5.68. The fourth-order valence-electron chi connectivity index (χ4n) is 0.704. The van der Waals surface area contributed by atoms with Crippen LogP contribution in [0.3, 0.4) is 0 Å². The Balaban J connectivity index is 2.73. The van der Waals surface area contributed by atoms with Crippen LogP contribution < -0.4 is 10.2 Å². The molecule has 0 saturated heterocycles. The lowest BCUT2D eigenvalue weighted by Gasteiger charge is -2.05. The van der Waals surface area contributed by atoms with Gasteiger partial charge in [0.1, 0.15) is 0 Å². The third-order valence-electron chi connectivity index (χ3n) is 1.23. The predicted octanol–water partition coefficient (Wildman–Crippen LogP) is 0.914. The lowest BCUT2D eigenvalue weighted by molar-refractivity contribution is -0.105. The molecule has 1 rings (SSSR count). The molecule has 0 aliphatic rings. The first kappa shape index (κ1) is 7.65. The zero-order chi connectivity index (χ0) is 8.27. The molecule has 1 amide bonds. The summed E-state index contributed by atoms with van der Waals surface area (Å²) < 4.78 is 5.17. The Hall–Kier alpha value is -1.45. The highest BCUT2D eigenvalue weighted by Gasteiger charge is 2.00. The van der Waals surface area contributed by atoms with Crippen molar-refractivity contribution in [3.63, 3.8) is 0 Å². The van der Waals surface area contributed by atoms with E-state index in [2.05, 4.69) is 5.32 Å². The number of nitrogens with zero attached hydrogens (tertiary/aromatic N) is 1. The van der Waals surface area contributed by atoms with Gasteiger partial charge in [0, 0.05) is 26.2 Å². The fourth-order valence-corrected chi connectivity index (χ4v) is 0.704. The summed E-state index contributed by atoms with van der Waals surface area (Å²) in [6.07, 6.45) is 0.582. The smallest absolute Gasteiger partial charge is 0.213 e. The topological polar surface area (TPSA) is 45.5 Å². The van der Waals surface area contributed by atoms with Gasteiger partial charge in [-0.3, -0.25) is 10.1 Å². The van der Waals surface area contributed by atoms with E-state index < -0.39 is 0 Å². The summed E-state index contributed by atoms with van der Waals surface area (Å²) in [4.78, 5) is 11.8. The van der Waals surface area contributed by atoms with E-state index in [-0.39, 0.29) is 0 Å². The Kier molecular flexibility index (Phi) is 2.15. The van der Waals surface area contributed by atoms with E-state index in [9.17, 15) is 4.79 Å². The SMILES string of the molecule is CN(C)c1ccc(NC=O)o1. The lowest BCUT2D eigenvalue weighted by atomic mass is 10.6. The second-order valence-electron chi connectivity index (χ2n) is 2.29. The summed E-state index contributed by atoms with van der Waals surface area (Å²) in [5.74, 6) is 1.18. The van der Waals surface area contributed by atoms with Crippen LogP contribution in [-0.2, 0) is 4.79 Å². The minimum Gasteiger partial charge on any atom is -0.425 e. The van der Waals surface area contributed by atoms with Crippen molar-refractivity contribution in [3.05, 3.63) is 12.1 Å². The van der Waals surface area contributed by atoms with Crippen molar-refractivity contribution in [3.8, 4) is 0 Å². The van der Waals surface area contributed by atoms with E-state index in [1.165, 1.54) is 0 Å². The summed E-state index contributed by atoms with van der Waals surface area (Å²) in [6.45, 7) is 0. The maximum absolute atomic E-state index is 9.97. The highest BCUT2D eigenvalue weighted by atomic mass is 16.4. The molecule has 11 heavy (non-hydrogen) atoms. The second kappa shape index (κ2) is 3.09. The minimum absolute atomic E-state index is 0.462. The molecular weight excluding hydrogens is 144 g/mol. The van der Waals surface area contributed by atoms with Gasteiger partial charge in [0.2, 0.25) is 12.3 Å². The molecule has 0 spiro atoms. The number of hydrogen-bond acceptors (Lipinski definition) is 3. The molecule has 60 valence electrons. The zero-order valence-electron chi connectivity index (χ0n) is 6.50. The maximum atomic E-state index is 9.97. The van der Waals surface area contributed by atoms with E-state index in [1.54, 1.807) is 12.1 Å². The number of anilines is 2. The summed E-state index contributed by atoms with van der Waals surface area (Å²) in [5, 5.41) is 2.41. The van der Waals surface area contributed by atoms with Gasteiger partial charge in [-0.05, 0) is 0 Å². The minimum atomic E-state index is 0.462. The van der Waals surface area contributed by atoms with Gasteiger partial charge in [-0.1, -0.05) is 0 Å². The molecule has 0 aliphatic carbocycles. The summed E-state index contributed by atoms with van der Waals surface area (Å²) in [5.41, 5.74) is 0. The van der Waals surface area contributed by atoms with Gasteiger partial charge in [-0.2, -0.15) is 0 Å². The van der Waals surface area contributed by atoms with Crippen molar-refractivity contribution in [1.29, 1.82) is 0 Å². The molecule has 0 saturated carbocycles. The number of hydrogen-bond donors (Lipinski definition) is 1. The van der Waals surface area contributed by atoms with Gasteiger partial charge >= 0.3 is 0 Å². The molecule has 0 radical (unpaired) electrons. The summed E-state index contributed by atoms with van der Waals surface area (Å²) >= 11 is 0. The number of nitrogens with one attached hydrogen (secondary N) is 1. The van der Waals surface area contributed by atoms with E-state index in [1.807, 2.05) is 19.0 Å². The van der Waals surface area contributed by atoms with Crippen molar-refractivity contribution in [2.24, 2.45) is 0 Å².